The van der Waals surface area contributed by atoms with Crippen molar-refractivity contribution in [3.8, 4) is 0 Å². The van der Waals surface area contributed by atoms with E-state index in [2.05, 4.69) is 5.32 Å². The van der Waals surface area contributed by atoms with Crippen LogP contribution >= 0.6 is 11.6 Å². The Bertz CT molecular complexity index is 1350. The van der Waals surface area contributed by atoms with Crippen LogP contribution in [0.2, 0.25) is 5.02 Å². The van der Waals surface area contributed by atoms with Gasteiger partial charge in [-0.2, -0.15) is 0 Å². The number of hydrogen-bond donors (Lipinski definition) is 1. The van der Waals surface area contributed by atoms with Crippen molar-refractivity contribution in [1.82, 2.24) is 10.2 Å². The molecule has 0 saturated heterocycles. The Morgan fingerprint density at radius 3 is 2.24 bits per heavy atom. The van der Waals surface area contributed by atoms with E-state index in [-0.39, 0.29) is 49.9 Å². The van der Waals surface area contributed by atoms with Gasteiger partial charge >= 0.3 is 0 Å². The lowest BCUT2D eigenvalue weighted by molar-refractivity contribution is -0.141. The molecule has 3 aromatic rings. The molecule has 0 spiro atoms. The summed E-state index contributed by atoms with van der Waals surface area (Å²) in [6.07, 6.45) is 1.33. The molecular weight excluding hydrogens is 529 g/mol. The van der Waals surface area contributed by atoms with Crippen LogP contribution in [0.1, 0.15) is 24.0 Å². The van der Waals surface area contributed by atoms with Crippen LogP contribution in [0.4, 0.5) is 10.1 Å². The fraction of sp³-hybridized carbons (Fsp3) is 0.286. The topological polar surface area (TPSA) is 86.8 Å². The van der Waals surface area contributed by atoms with Crippen LogP contribution < -0.4 is 9.62 Å². The Labute approximate surface area is 228 Å². The van der Waals surface area contributed by atoms with Crippen LogP contribution in [0.3, 0.4) is 0 Å². The number of sulfonamides is 1. The summed E-state index contributed by atoms with van der Waals surface area (Å²) in [5, 5.41) is 3.11. The number of rotatable bonds is 12. The predicted octanol–water partition coefficient (Wildman–Crippen LogP) is 4.41. The van der Waals surface area contributed by atoms with Crippen LogP contribution in [0.15, 0.2) is 78.9 Å². The summed E-state index contributed by atoms with van der Waals surface area (Å²) in [4.78, 5) is 28.1. The molecule has 0 bridgehead atoms. The third-order valence-electron chi connectivity index (χ3n) is 6.09. The lowest BCUT2D eigenvalue weighted by atomic mass is 10.0. The Morgan fingerprint density at radius 2 is 1.61 bits per heavy atom. The van der Waals surface area contributed by atoms with E-state index in [1.807, 2.05) is 30.3 Å². The summed E-state index contributed by atoms with van der Waals surface area (Å²) in [6, 6.07) is 21.2. The number of anilines is 1. The van der Waals surface area contributed by atoms with Gasteiger partial charge in [-0.1, -0.05) is 72.3 Å². The Balaban J connectivity index is 1.86. The summed E-state index contributed by atoms with van der Waals surface area (Å²) in [7, 11) is -2.29. The third-order valence-corrected chi connectivity index (χ3v) is 7.64. The van der Waals surface area contributed by atoms with E-state index in [1.54, 1.807) is 30.3 Å². The first-order valence-electron chi connectivity index (χ1n) is 12.1. The summed E-state index contributed by atoms with van der Waals surface area (Å²) < 4.78 is 40.1. The average molecular weight is 560 g/mol. The van der Waals surface area contributed by atoms with Crippen molar-refractivity contribution in [2.24, 2.45) is 0 Å². The number of hydrogen-bond acceptors (Lipinski definition) is 4. The minimum absolute atomic E-state index is 0.0623. The van der Waals surface area contributed by atoms with Crippen molar-refractivity contribution in [1.29, 1.82) is 0 Å². The Morgan fingerprint density at radius 1 is 0.974 bits per heavy atom. The predicted molar refractivity (Wildman–Crippen MR) is 148 cm³/mol. The number of carbonyl (C=O) groups is 2. The largest absolute Gasteiger partial charge is 0.357 e. The summed E-state index contributed by atoms with van der Waals surface area (Å²) in [6.45, 7) is -0.0126. The number of likely N-dealkylation sites (N-methyl/N-ethyl adjacent to an activating group) is 1. The summed E-state index contributed by atoms with van der Waals surface area (Å²) in [5.41, 5.74) is 1.47. The number of carbonyl (C=O) groups excluding carboxylic acids is 2. The Kier molecular flexibility index (Phi) is 10.3. The van der Waals surface area contributed by atoms with Crippen LogP contribution in [-0.2, 0) is 32.6 Å². The minimum atomic E-state index is -3.80. The molecule has 0 radical (unpaired) electrons. The van der Waals surface area contributed by atoms with Crippen molar-refractivity contribution in [2.75, 3.05) is 24.2 Å². The Hall–Kier alpha value is -3.43. The number of nitrogens with one attached hydrogen (secondary N) is 1. The fourth-order valence-electron chi connectivity index (χ4n) is 4.17. The lowest BCUT2D eigenvalue weighted by Gasteiger charge is -2.32. The number of nitrogens with zero attached hydrogens (tertiary/aromatic N) is 2. The van der Waals surface area contributed by atoms with Crippen LogP contribution in [0.5, 0.6) is 0 Å². The van der Waals surface area contributed by atoms with Crippen molar-refractivity contribution < 1.29 is 22.4 Å². The second-order valence-electron chi connectivity index (χ2n) is 8.82. The lowest BCUT2D eigenvalue weighted by Crippen LogP contribution is -2.49. The number of halogens is 2. The van der Waals surface area contributed by atoms with Crippen molar-refractivity contribution in [3.05, 3.63) is 101 Å². The van der Waals surface area contributed by atoms with Gasteiger partial charge in [0, 0.05) is 38.0 Å². The van der Waals surface area contributed by atoms with E-state index in [1.165, 1.54) is 30.1 Å². The maximum atomic E-state index is 14.4. The van der Waals surface area contributed by atoms with E-state index in [4.69, 9.17) is 11.6 Å². The van der Waals surface area contributed by atoms with Gasteiger partial charge in [-0.25, -0.2) is 12.8 Å². The van der Waals surface area contributed by atoms with Gasteiger partial charge in [-0.05, 0) is 35.7 Å². The summed E-state index contributed by atoms with van der Waals surface area (Å²) in [5.74, 6) is -1.36. The molecule has 10 heteroatoms. The molecule has 0 aliphatic heterocycles. The summed E-state index contributed by atoms with van der Waals surface area (Å²) >= 11 is 6.38. The molecule has 7 nitrogen and oxygen atoms in total. The van der Waals surface area contributed by atoms with E-state index in [0.29, 0.717) is 10.6 Å². The first-order chi connectivity index (χ1) is 18.1. The van der Waals surface area contributed by atoms with Gasteiger partial charge in [0.15, 0.2) is 0 Å². The maximum Gasteiger partial charge on any atom is 0.242 e. The molecular formula is C28H31ClFN3O4S. The molecule has 0 unspecified atom stereocenters. The van der Waals surface area contributed by atoms with Gasteiger partial charge in [0.05, 0.1) is 11.9 Å². The smallest absolute Gasteiger partial charge is 0.242 e. The van der Waals surface area contributed by atoms with Crippen molar-refractivity contribution >= 4 is 39.1 Å². The second kappa shape index (κ2) is 13.4. The third kappa shape index (κ3) is 7.79. The normalized spacial score (nSPS) is 12.0. The van der Waals surface area contributed by atoms with Crippen LogP contribution in [0.25, 0.3) is 0 Å². The molecule has 0 aromatic heterocycles. The fourth-order valence-corrected chi connectivity index (χ4v) is 5.33. The molecule has 0 fully saturated rings. The van der Waals surface area contributed by atoms with Gasteiger partial charge in [-0.15, -0.1) is 0 Å². The second-order valence-corrected chi connectivity index (χ2v) is 11.1. The molecule has 3 rings (SSSR count). The first-order valence-corrected chi connectivity index (χ1v) is 14.3. The highest BCUT2D eigenvalue weighted by atomic mass is 35.5. The number of amides is 2. The molecule has 1 atom stereocenters. The van der Waals surface area contributed by atoms with Gasteiger partial charge in [0.2, 0.25) is 21.8 Å². The van der Waals surface area contributed by atoms with E-state index < -0.39 is 21.9 Å². The molecule has 3 aromatic carbocycles. The minimum Gasteiger partial charge on any atom is -0.357 e. The number of benzene rings is 3. The molecule has 0 aliphatic rings. The van der Waals surface area contributed by atoms with Crippen LogP contribution in [-0.4, -0.2) is 51.0 Å². The molecule has 0 heterocycles. The van der Waals surface area contributed by atoms with E-state index in [9.17, 15) is 22.4 Å². The van der Waals surface area contributed by atoms with Gasteiger partial charge < -0.3 is 10.2 Å². The highest BCUT2D eigenvalue weighted by molar-refractivity contribution is 7.92. The van der Waals surface area contributed by atoms with Gasteiger partial charge in [0.1, 0.15) is 11.9 Å². The molecule has 38 heavy (non-hydrogen) atoms. The standard InChI is InChI=1S/C28H31ClFN3O4S/c1-31-28(35)26(19-21-11-4-3-5-12-21)32(20-22-13-6-7-14-23(22)29)27(34)17-10-18-33(38(2,36)37)25-16-9-8-15-24(25)30/h3-9,11-16,26H,10,17-20H2,1-2H3,(H,31,35)/t26-/m1/s1. The van der Waals surface area contributed by atoms with Crippen LogP contribution in [0, 0.1) is 5.82 Å². The van der Waals surface area contributed by atoms with Crippen molar-refractivity contribution in [3.63, 3.8) is 0 Å². The molecule has 1 N–H and O–H groups in total. The molecule has 202 valence electrons. The molecule has 0 aliphatic carbocycles. The van der Waals surface area contributed by atoms with Gasteiger partial charge in [0.25, 0.3) is 0 Å². The molecule has 0 saturated carbocycles. The monoisotopic (exact) mass is 559 g/mol. The highest BCUT2D eigenvalue weighted by Gasteiger charge is 2.30. The first kappa shape index (κ1) is 29.1. The maximum absolute atomic E-state index is 14.4. The number of para-hydroxylation sites is 1. The van der Waals surface area contributed by atoms with Crippen molar-refractivity contribution in [2.45, 2.75) is 31.8 Å². The zero-order valence-electron chi connectivity index (χ0n) is 21.3. The SMILES string of the molecule is CNC(=O)[C@@H](Cc1ccccc1)N(Cc1ccccc1Cl)C(=O)CCCN(c1ccccc1F)S(C)(=O)=O. The molecule has 2 amide bonds. The van der Waals surface area contributed by atoms with E-state index in [0.717, 1.165) is 16.1 Å². The van der Waals surface area contributed by atoms with E-state index >= 15 is 0 Å². The van der Waals surface area contributed by atoms with Gasteiger partial charge in [-0.3, -0.25) is 13.9 Å². The highest BCUT2D eigenvalue weighted by Crippen LogP contribution is 2.24. The average Bonchev–Trinajstić information content (AvgIpc) is 2.89. The quantitative estimate of drug-likeness (QED) is 0.356. The zero-order valence-corrected chi connectivity index (χ0v) is 22.9. The zero-order chi connectivity index (χ0) is 27.7.